The number of halogens is 1. The van der Waals surface area contributed by atoms with Gasteiger partial charge in [-0.25, -0.2) is 0 Å². The molecule has 1 atom stereocenters. The van der Waals surface area contributed by atoms with Crippen LogP contribution in [0.3, 0.4) is 0 Å². The minimum Gasteiger partial charge on any atom is -0.385 e. The molecule has 0 amide bonds. The molecule has 0 bridgehead atoms. The molecule has 4 heteroatoms. The third kappa shape index (κ3) is 6.44. The highest BCUT2D eigenvalue weighted by molar-refractivity contribution is 6.30. The number of aliphatic hydroxyl groups is 1. The van der Waals surface area contributed by atoms with Crippen LogP contribution in [0.2, 0.25) is 5.02 Å². The van der Waals surface area contributed by atoms with E-state index in [0.717, 1.165) is 47.8 Å². The second-order valence-electron chi connectivity index (χ2n) is 7.01. The van der Waals surface area contributed by atoms with E-state index in [1.54, 1.807) is 0 Å². The number of hydrogen-bond acceptors (Lipinski definition) is 3. The Morgan fingerprint density at radius 3 is 2.08 bits per heavy atom. The van der Waals surface area contributed by atoms with E-state index >= 15 is 0 Å². The lowest BCUT2D eigenvalue weighted by Crippen LogP contribution is -2.29. The van der Waals surface area contributed by atoms with Crippen molar-refractivity contribution in [3.63, 3.8) is 0 Å². The molecule has 1 unspecified atom stereocenters. The smallest absolute Gasteiger partial charge is 0.0880 e. The minimum atomic E-state index is -0.826. The van der Waals surface area contributed by atoms with Crippen LogP contribution in [-0.2, 0) is 5.60 Å². The lowest BCUT2D eigenvalue weighted by molar-refractivity contribution is 0.0480. The molecule has 0 aliphatic heterocycles. The Bertz CT molecular complexity index is 636. The molecule has 0 saturated carbocycles. The molecule has 3 nitrogen and oxygen atoms in total. The fourth-order valence-corrected chi connectivity index (χ4v) is 2.91. The van der Waals surface area contributed by atoms with Crippen molar-refractivity contribution in [1.82, 2.24) is 10.2 Å². The summed E-state index contributed by atoms with van der Waals surface area (Å²) in [6.07, 6.45) is 1.81. The van der Waals surface area contributed by atoms with E-state index in [1.807, 2.05) is 43.3 Å². The molecule has 0 heterocycles. The average Bonchev–Trinajstić information content (AvgIpc) is 2.58. The second kappa shape index (κ2) is 9.35. The summed E-state index contributed by atoms with van der Waals surface area (Å²) in [5.41, 5.74) is 2.36. The Morgan fingerprint density at radius 1 is 0.960 bits per heavy atom. The van der Waals surface area contributed by atoms with Gasteiger partial charge >= 0.3 is 0 Å². The predicted molar refractivity (Wildman–Crippen MR) is 107 cm³/mol. The first kappa shape index (κ1) is 19.9. The van der Waals surface area contributed by atoms with E-state index in [4.69, 9.17) is 11.6 Å². The predicted octanol–water partition coefficient (Wildman–Crippen LogP) is 4.15. The summed E-state index contributed by atoms with van der Waals surface area (Å²) in [6, 6.07) is 15.9. The third-order valence-corrected chi connectivity index (χ3v) is 4.68. The maximum Gasteiger partial charge on any atom is 0.0880 e. The fraction of sp³-hybridized carbons (Fsp3) is 0.429. The van der Waals surface area contributed by atoms with Gasteiger partial charge in [0.1, 0.15) is 0 Å². The normalized spacial score (nSPS) is 13.8. The van der Waals surface area contributed by atoms with Crippen LogP contribution in [0.1, 0.15) is 25.3 Å². The molecular weight excluding hydrogens is 332 g/mol. The standard InChI is InChI=1S/C21H29ClN2O/c1-21(25,13-15-23-14-4-16-24(2)3)19-9-5-17(6-10-19)18-7-11-20(22)12-8-18/h5-12,23,25H,4,13-16H2,1-3H3. The van der Waals surface area contributed by atoms with Crippen LogP contribution in [0.4, 0.5) is 0 Å². The van der Waals surface area contributed by atoms with Crippen LogP contribution < -0.4 is 5.32 Å². The van der Waals surface area contributed by atoms with Crippen molar-refractivity contribution in [2.45, 2.75) is 25.4 Å². The molecule has 136 valence electrons. The first-order valence-corrected chi connectivity index (χ1v) is 9.20. The van der Waals surface area contributed by atoms with Gasteiger partial charge in [0.15, 0.2) is 0 Å². The molecule has 0 aromatic heterocycles. The van der Waals surface area contributed by atoms with Gasteiger partial charge < -0.3 is 15.3 Å². The van der Waals surface area contributed by atoms with Crippen LogP contribution in [0.15, 0.2) is 48.5 Å². The van der Waals surface area contributed by atoms with Crippen molar-refractivity contribution in [3.8, 4) is 11.1 Å². The van der Waals surface area contributed by atoms with Gasteiger partial charge in [-0.3, -0.25) is 0 Å². The van der Waals surface area contributed by atoms with Gasteiger partial charge in [-0.05, 0) is 82.3 Å². The molecule has 25 heavy (non-hydrogen) atoms. The quantitative estimate of drug-likeness (QED) is 0.659. The Kier molecular flexibility index (Phi) is 7.45. The van der Waals surface area contributed by atoms with Crippen LogP contribution in [0, 0.1) is 0 Å². The summed E-state index contributed by atoms with van der Waals surface area (Å²) in [5.74, 6) is 0. The first-order valence-electron chi connectivity index (χ1n) is 8.83. The maximum atomic E-state index is 10.8. The molecule has 2 N–H and O–H groups in total. The van der Waals surface area contributed by atoms with Gasteiger partial charge in [0.2, 0.25) is 0 Å². The third-order valence-electron chi connectivity index (χ3n) is 4.43. The van der Waals surface area contributed by atoms with E-state index in [0.29, 0.717) is 6.42 Å². The Hall–Kier alpha value is -1.39. The number of rotatable bonds is 9. The Balaban J connectivity index is 1.88. The van der Waals surface area contributed by atoms with E-state index in [9.17, 15) is 5.11 Å². The van der Waals surface area contributed by atoms with Crippen molar-refractivity contribution in [2.24, 2.45) is 0 Å². The van der Waals surface area contributed by atoms with Crippen LogP contribution in [-0.4, -0.2) is 43.7 Å². The van der Waals surface area contributed by atoms with Gasteiger partial charge in [-0.1, -0.05) is 48.0 Å². The highest BCUT2D eigenvalue weighted by Gasteiger charge is 2.22. The molecular formula is C21H29ClN2O. The molecule has 0 aliphatic carbocycles. The Morgan fingerprint density at radius 2 is 1.52 bits per heavy atom. The van der Waals surface area contributed by atoms with E-state index in [1.165, 1.54) is 0 Å². The molecule has 2 aromatic carbocycles. The molecule has 0 radical (unpaired) electrons. The van der Waals surface area contributed by atoms with Gasteiger partial charge in [-0.2, -0.15) is 0 Å². The molecule has 2 rings (SSSR count). The summed E-state index contributed by atoms with van der Waals surface area (Å²) in [4.78, 5) is 2.18. The lowest BCUT2D eigenvalue weighted by atomic mass is 9.91. The van der Waals surface area contributed by atoms with Crippen molar-refractivity contribution in [1.29, 1.82) is 0 Å². The maximum absolute atomic E-state index is 10.8. The fourth-order valence-electron chi connectivity index (χ4n) is 2.79. The zero-order valence-corrected chi connectivity index (χ0v) is 16.2. The summed E-state index contributed by atoms with van der Waals surface area (Å²) in [6.45, 7) is 4.74. The van der Waals surface area contributed by atoms with E-state index in [-0.39, 0.29) is 0 Å². The summed E-state index contributed by atoms with van der Waals surface area (Å²) >= 11 is 5.94. The largest absolute Gasteiger partial charge is 0.385 e. The average molecular weight is 361 g/mol. The number of benzene rings is 2. The zero-order chi connectivity index (χ0) is 18.3. The molecule has 0 spiro atoms. The molecule has 2 aromatic rings. The highest BCUT2D eigenvalue weighted by Crippen LogP contribution is 2.27. The van der Waals surface area contributed by atoms with E-state index in [2.05, 4.69) is 36.4 Å². The lowest BCUT2D eigenvalue weighted by Gasteiger charge is -2.24. The SMILES string of the molecule is CN(C)CCCNCCC(C)(O)c1ccc(-c2ccc(Cl)cc2)cc1. The monoisotopic (exact) mass is 360 g/mol. The van der Waals surface area contributed by atoms with Gasteiger partial charge in [0, 0.05) is 5.02 Å². The topological polar surface area (TPSA) is 35.5 Å². The number of nitrogens with zero attached hydrogens (tertiary/aromatic N) is 1. The molecule has 0 aliphatic rings. The van der Waals surface area contributed by atoms with Gasteiger partial charge in [0.25, 0.3) is 0 Å². The van der Waals surface area contributed by atoms with Crippen molar-refractivity contribution in [2.75, 3.05) is 33.7 Å². The van der Waals surface area contributed by atoms with Crippen molar-refractivity contribution >= 4 is 11.6 Å². The summed E-state index contributed by atoms with van der Waals surface area (Å²) in [7, 11) is 4.16. The second-order valence-corrected chi connectivity index (χ2v) is 7.45. The molecule has 0 fully saturated rings. The summed E-state index contributed by atoms with van der Waals surface area (Å²) in [5, 5.41) is 14.9. The number of hydrogen-bond donors (Lipinski definition) is 2. The van der Waals surface area contributed by atoms with Crippen LogP contribution >= 0.6 is 11.6 Å². The van der Waals surface area contributed by atoms with Gasteiger partial charge in [-0.15, -0.1) is 0 Å². The Labute approximate surface area is 156 Å². The highest BCUT2D eigenvalue weighted by atomic mass is 35.5. The van der Waals surface area contributed by atoms with Crippen molar-refractivity contribution < 1.29 is 5.11 Å². The van der Waals surface area contributed by atoms with Crippen LogP contribution in [0.25, 0.3) is 11.1 Å². The van der Waals surface area contributed by atoms with Crippen molar-refractivity contribution in [3.05, 3.63) is 59.1 Å². The van der Waals surface area contributed by atoms with Crippen LogP contribution in [0.5, 0.6) is 0 Å². The zero-order valence-electron chi connectivity index (χ0n) is 15.4. The first-order chi connectivity index (χ1) is 11.9. The minimum absolute atomic E-state index is 0.690. The summed E-state index contributed by atoms with van der Waals surface area (Å²) < 4.78 is 0. The molecule has 0 saturated heterocycles. The van der Waals surface area contributed by atoms with Gasteiger partial charge in [0.05, 0.1) is 5.60 Å². The van der Waals surface area contributed by atoms with E-state index < -0.39 is 5.60 Å². The number of nitrogens with one attached hydrogen (secondary N) is 1.